The number of ether oxygens (including phenoxy) is 2. The van der Waals surface area contributed by atoms with Gasteiger partial charge in [0, 0.05) is 12.1 Å². The second-order valence-corrected chi connectivity index (χ2v) is 7.36. The Labute approximate surface area is 158 Å². The number of sulfonamides is 1. The number of methoxy groups -OCH3 is 2. The summed E-state index contributed by atoms with van der Waals surface area (Å²) < 4.78 is 39.0. The second-order valence-electron chi connectivity index (χ2n) is 5.68. The number of benzene rings is 2. The molecule has 7 nitrogen and oxygen atoms in total. The van der Waals surface area contributed by atoms with E-state index in [-0.39, 0.29) is 16.4 Å². The molecule has 2 aromatic carbocycles. The molecule has 0 aromatic heterocycles. The highest BCUT2D eigenvalue weighted by molar-refractivity contribution is 7.89. The third kappa shape index (κ3) is 5.08. The molecule has 0 spiro atoms. The number of rotatable bonds is 8. The van der Waals surface area contributed by atoms with Crippen molar-refractivity contribution in [2.24, 2.45) is 0 Å². The predicted octanol–water partition coefficient (Wildman–Crippen LogP) is 2.84. The van der Waals surface area contributed by atoms with E-state index in [2.05, 4.69) is 4.72 Å². The molecule has 1 unspecified atom stereocenters. The molecule has 0 aliphatic rings. The van der Waals surface area contributed by atoms with Gasteiger partial charge in [-0.05, 0) is 36.3 Å². The maximum absolute atomic E-state index is 13.0. The van der Waals surface area contributed by atoms with Gasteiger partial charge in [-0.3, -0.25) is 0 Å². The van der Waals surface area contributed by atoms with Gasteiger partial charge in [0.1, 0.15) is 4.90 Å². The van der Waals surface area contributed by atoms with Crippen molar-refractivity contribution >= 4 is 22.1 Å². The van der Waals surface area contributed by atoms with Crippen LogP contribution in [0.1, 0.15) is 24.1 Å². The van der Waals surface area contributed by atoms with E-state index in [0.29, 0.717) is 5.56 Å². The lowest BCUT2D eigenvalue weighted by molar-refractivity contribution is -0.131. The van der Waals surface area contributed by atoms with Crippen LogP contribution in [0.4, 0.5) is 0 Å². The maximum Gasteiger partial charge on any atom is 0.328 e. The van der Waals surface area contributed by atoms with Gasteiger partial charge in [0.05, 0.1) is 14.2 Å². The summed E-state index contributed by atoms with van der Waals surface area (Å²) in [4.78, 5) is 10.6. The van der Waals surface area contributed by atoms with Gasteiger partial charge in [0.15, 0.2) is 11.5 Å². The first-order valence-electron chi connectivity index (χ1n) is 8.02. The average molecular weight is 391 g/mol. The Morgan fingerprint density at radius 2 is 1.81 bits per heavy atom. The first-order chi connectivity index (χ1) is 12.8. The van der Waals surface area contributed by atoms with E-state index in [9.17, 15) is 13.2 Å². The quantitative estimate of drug-likeness (QED) is 0.671. The van der Waals surface area contributed by atoms with Crippen LogP contribution in [0.3, 0.4) is 0 Å². The number of nitrogens with one attached hydrogen (secondary N) is 1. The summed E-state index contributed by atoms with van der Waals surface area (Å²) >= 11 is 0. The molecule has 27 heavy (non-hydrogen) atoms. The first kappa shape index (κ1) is 20.5. The van der Waals surface area contributed by atoms with Crippen LogP contribution in [-0.2, 0) is 14.8 Å². The smallest absolute Gasteiger partial charge is 0.328 e. The van der Waals surface area contributed by atoms with E-state index in [0.717, 1.165) is 11.6 Å². The molecule has 2 rings (SSSR count). The number of carbonyl (C=O) groups is 1. The topological polar surface area (TPSA) is 102 Å². The fraction of sp³-hybridized carbons (Fsp3) is 0.211. The van der Waals surface area contributed by atoms with Crippen molar-refractivity contribution in [3.8, 4) is 11.5 Å². The third-order valence-electron chi connectivity index (χ3n) is 3.81. The summed E-state index contributed by atoms with van der Waals surface area (Å²) in [5.74, 6) is -0.930. The van der Waals surface area contributed by atoms with Crippen molar-refractivity contribution in [1.82, 2.24) is 4.72 Å². The third-order valence-corrected chi connectivity index (χ3v) is 5.35. The molecule has 0 saturated heterocycles. The van der Waals surface area contributed by atoms with Crippen LogP contribution in [0.15, 0.2) is 53.4 Å². The minimum Gasteiger partial charge on any atom is -0.493 e. The molecule has 2 aromatic rings. The molecule has 0 heterocycles. The highest BCUT2D eigenvalue weighted by Gasteiger charge is 2.25. The average Bonchev–Trinajstić information content (AvgIpc) is 2.65. The van der Waals surface area contributed by atoms with E-state index in [4.69, 9.17) is 14.6 Å². The molecule has 0 amide bonds. The Bertz CT molecular complexity index is 938. The Kier molecular flexibility index (Phi) is 6.59. The molecule has 0 aliphatic carbocycles. The molecule has 1 atom stereocenters. The van der Waals surface area contributed by atoms with Gasteiger partial charge in [0.2, 0.25) is 10.0 Å². The summed E-state index contributed by atoms with van der Waals surface area (Å²) in [5.41, 5.74) is 1.15. The standard InChI is InChI=1S/C19H21NO6S/c1-13(15-7-5-4-6-8-15)20-27(23,24)17-12-14(9-10-18(21)22)11-16(25-2)19(17)26-3/h4-13,20H,1-3H3,(H,21,22). The van der Waals surface area contributed by atoms with E-state index in [1.54, 1.807) is 6.92 Å². The molecular formula is C19H21NO6S. The van der Waals surface area contributed by atoms with Gasteiger partial charge < -0.3 is 14.6 Å². The zero-order chi connectivity index (χ0) is 20.0. The van der Waals surface area contributed by atoms with Crippen LogP contribution >= 0.6 is 0 Å². The van der Waals surface area contributed by atoms with E-state index < -0.39 is 22.0 Å². The Balaban J connectivity index is 2.50. The van der Waals surface area contributed by atoms with Gasteiger partial charge in [0.25, 0.3) is 0 Å². The van der Waals surface area contributed by atoms with Crippen molar-refractivity contribution in [1.29, 1.82) is 0 Å². The SMILES string of the molecule is COc1cc(C=CC(=O)O)cc(S(=O)(=O)NC(C)c2ccccc2)c1OC. The second kappa shape index (κ2) is 8.70. The lowest BCUT2D eigenvalue weighted by atomic mass is 10.1. The molecule has 8 heteroatoms. The molecule has 2 N–H and O–H groups in total. The fourth-order valence-corrected chi connectivity index (χ4v) is 3.97. The lowest BCUT2D eigenvalue weighted by Crippen LogP contribution is -2.27. The minimum absolute atomic E-state index is 0.0396. The Morgan fingerprint density at radius 3 is 2.37 bits per heavy atom. The highest BCUT2D eigenvalue weighted by Crippen LogP contribution is 2.36. The van der Waals surface area contributed by atoms with Crippen LogP contribution in [0.5, 0.6) is 11.5 Å². The zero-order valence-corrected chi connectivity index (χ0v) is 16.0. The van der Waals surface area contributed by atoms with Gasteiger partial charge in [-0.1, -0.05) is 30.3 Å². The normalized spacial score (nSPS) is 12.7. The molecule has 0 aliphatic heterocycles. The first-order valence-corrected chi connectivity index (χ1v) is 9.51. The maximum atomic E-state index is 13.0. The van der Waals surface area contributed by atoms with E-state index in [1.807, 2.05) is 30.3 Å². The van der Waals surface area contributed by atoms with Crippen molar-refractivity contribution < 1.29 is 27.8 Å². The predicted molar refractivity (Wildman–Crippen MR) is 101 cm³/mol. The summed E-state index contributed by atoms with van der Waals surface area (Å²) in [5, 5.41) is 8.80. The van der Waals surface area contributed by atoms with Gasteiger partial charge in [-0.25, -0.2) is 17.9 Å². The van der Waals surface area contributed by atoms with Crippen LogP contribution in [0.25, 0.3) is 6.08 Å². The Hall–Kier alpha value is -2.84. The summed E-state index contributed by atoms with van der Waals surface area (Å²) in [6.07, 6.45) is 2.20. The molecular weight excluding hydrogens is 370 g/mol. The van der Waals surface area contributed by atoms with Crippen molar-refractivity contribution in [2.45, 2.75) is 17.9 Å². The highest BCUT2D eigenvalue weighted by atomic mass is 32.2. The van der Waals surface area contributed by atoms with Gasteiger partial charge in [-0.2, -0.15) is 0 Å². The van der Waals surface area contributed by atoms with Crippen LogP contribution < -0.4 is 14.2 Å². The van der Waals surface area contributed by atoms with Crippen molar-refractivity contribution in [3.63, 3.8) is 0 Å². The lowest BCUT2D eigenvalue weighted by Gasteiger charge is -2.18. The zero-order valence-electron chi connectivity index (χ0n) is 15.2. The Morgan fingerprint density at radius 1 is 1.15 bits per heavy atom. The van der Waals surface area contributed by atoms with E-state index >= 15 is 0 Å². The van der Waals surface area contributed by atoms with Crippen LogP contribution in [-0.4, -0.2) is 33.7 Å². The van der Waals surface area contributed by atoms with Crippen LogP contribution in [0, 0.1) is 0 Å². The van der Waals surface area contributed by atoms with Crippen molar-refractivity contribution in [2.75, 3.05) is 14.2 Å². The monoisotopic (exact) mass is 391 g/mol. The summed E-state index contributed by atoms with van der Waals surface area (Å²) in [7, 11) is -1.27. The van der Waals surface area contributed by atoms with Gasteiger partial charge >= 0.3 is 5.97 Å². The van der Waals surface area contributed by atoms with Gasteiger partial charge in [-0.15, -0.1) is 0 Å². The van der Waals surface area contributed by atoms with Crippen molar-refractivity contribution in [3.05, 3.63) is 59.7 Å². The number of carboxylic acid groups (broad SMARTS) is 1. The minimum atomic E-state index is -3.98. The number of carboxylic acids is 1. The molecule has 144 valence electrons. The fourth-order valence-electron chi connectivity index (χ4n) is 2.52. The molecule has 0 saturated carbocycles. The number of hydrogen-bond donors (Lipinski definition) is 2. The summed E-state index contributed by atoms with van der Waals surface area (Å²) in [6.45, 7) is 1.73. The number of aliphatic carboxylic acids is 1. The molecule has 0 radical (unpaired) electrons. The summed E-state index contributed by atoms with van der Waals surface area (Å²) in [6, 6.07) is 11.5. The molecule has 0 fully saturated rings. The largest absolute Gasteiger partial charge is 0.493 e. The molecule has 0 bridgehead atoms. The van der Waals surface area contributed by atoms with E-state index in [1.165, 1.54) is 32.4 Å². The van der Waals surface area contributed by atoms with Crippen LogP contribution in [0.2, 0.25) is 0 Å². The number of hydrogen-bond acceptors (Lipinski definition) is 5.